The largest absolute Gasteiger partial charge is 0.162 e. The number of allylic oxidation sites excluding steroid dienone is 2. The first-order valence-corrected chi connectivity index (χ1v) is 7.81. The first-order chi connectivity index (χ1) is 7.40. The van der Waals surface area contributed by atoms with E-state index in [0.29, 0.717) is 0 Å². The van der Waals surface area contributed by atoms with Gasteiger partial charge in [-0.25, -0.2) is 0 Å². The van der Waals surface area contributed by atoms with Crippen LogP contribution in [0.1, 0.15) is 45.4 Å². The maximum absolute atomic E-state index is 2.49. The fourth-order valence-electron chi connectivity index (χ4n) is 3.02. The van der Waals surface area contributed by atoms with Crippen LogP contribution in [-0.2, 0) is 0 Å². The van der Waals surface area contributed by atoms with Gasteiger partial charge < -0.3 is 0 Å². The molecule has 0 aromatic heterocycles. The molecule has 1 heteroatoms. The maximum atomic E-state index is 2.49. The highest BCUT2D eigenvalue weighted by atomic mass is 32.2. The zero-order chi connectivity index (χ0) is 10.5. The fourth-order valence-corrected chi connectivity index (χ4v) is 4.09. The normalized spacial score (nSPS) is 32.7. The molecule has 3 atom stereocenters. The van der Waals surface area contributed by atoms with Crippen LogP contribution in [0, 0.1) is 17.8 Å². The Morgan fingerprint density at radius 1 is 1.13 bits per heavy atom. The van der Waals surface area contributed by atoms with E-state index in [4.69, 9.17) is 0 Å². The minimum Gasteiger partial charge on any atom is -0.162 e. The molecular formula is C14H24S. The Balaban J connectivity index is 1.50. The molecule has 0 N–H and O–H groups in total. The molecule has 2 aliphatic rings. The van der Waals surface area contributed by atoms with Gasteiger partial charge in [-0.3, -0.25) is 0 Å². The molecule has 0 amide bonds. The summed E-state index contributed by atoms with van der Waals surface area (Å²) in [5.41, 5.74) is 0. The molecule has 15 heavy (non-hydrogen) atoms. The van der Waals surface area contributed by atoms with Crippen LogP contribution in [0.5, 0.6) is 0 Å². The van der Waals surface area contributed by atoms with Crippen molar-refractivity contribution in [3.63, 3.8) is 0 Å². The van der Waals surface area contributed by atoms with Crippen molar-refractivity contribution in [1.82, 2.24) is 0 Å². The third-order valence-electron chi connectivity index (χ3n) is 3.92. The molecule has 2 bridgehead atoms. The maximum Gasteiger partial charge on any atom is -0.00674 e. The second-order valence-corrected chi connectivity index (χ2v) is 6.37. The Kier molecular flexibility index (Phi) is 4.61. The van der Waals surface area contributed by atoms with Gasteiger partial charge in [-0.15, -0.1) is 0 Å². The third-order valence-corrected chi connectivity index (χ3v) is 5.08. The molecule has 2 rings (SSSR count). The number of hydrogen-bond acceptors (Lipinski definition) is 1. The monoisotopic (exact) mass is 224 g/mol. The van der Waals surface area contributed by atoms with Gasteiger partial charge in [0.2, 0.25) is 0 Å². The summed E-state index contributed by atoms with van der Waals surface area (Å²) in [6.45, 7) is 2.28. The van der Waals surface area contributed by atoms with E-state index in [1.807, 2.05) is 0 Å². The lowest BCUT2D eigenvalue weighted by Crippen LogP contribution is -2.07. The van der Waals surface area contributed by atoms with E-state index in [1.165, 1.54) is 50.0 Å². The third kappa shape index (κ3) is 3.27. The smallest absolute Gasteiger partial charge is 0.00674 e. The van der Waals surface area contributed by atoms with Crippen molar-refractivity contribution in [3.05, 3.63) is 12.2 Å². The number of rotatable bonds is 7. The minimum absolute atomic E-state index is 0.966. The highest BCUT2D eigenvalue weighted by molar-refractivity contribution is 7.99. The Hall–Kier alpha value is 0.0900. The van der Waals surface area contributed by atoms with Crippen LogP contribution < -0.4 is 0 Å². The SMILES string of the molecule is CCCCSCCCC1CC2C=CC1C2. The summed E-state index contributed by atoms with van der Waals surface area (Å²) in [4.78, 5) is 0. The Bertz CT molecular complexity index is 209. The summed E-state index contributed by atoms with van der Waals surface area (Å²) in [6, 6.07) is 0. The van der Waals surface area contributed by atoms with Crippen molar-refractivity contribution >= 4 is 11.8 Å². The molecule has 0 aromatic rings. The molecule has 0 radical (unpaired) electrons. The summed E-state index contributed by atoms with van der Waals surface area (Å²) < 4.78 is 0. The van der Waals surface area contributed by atoms with Crippen LogP contribution in [0.2, 0.25) is 0 Å². The quantitative estimate of drug-likeness (QED) is 0.453. The van der Waals surface area contributed by atoms with Gasteiger partial charge in [0, 0.05) is 0 Å². The van der Waals surface area contributed by atoms with E-state index in [2.05, 4.69) is 30.8 Å². The molecule has 0 heterocycles. The average Bonchev–Trinajstić information content (AvgIpc) is 2.85. The van der Waals surface area contributed by atoms with Gasteiger partial charge in [0.15, 0.2) is 0 Å². The van der Waals surface area contributed by atoms with Gasteiger partial charge >= 0.3 is 0 Å². The standard InChI is InChI=1S/C14H24S/c1-2-3-8-15-9-4-5-13-10-12-6-7-14(13)11-12/h6-7,12-14H,2-5,8-11H2,1H3. The van der Waals surface area contributed by atoms with Gasteiger partial charge in [-0.2, -0.15) is 11.8 Å². The minimum atomic E-state index is 0.966. The molecule has 0 saturated heterocycles. The number of unbranched alkanes of at least 4 members (excludes halogenated alkanes) is 1. The molecule has 0 aromatic carbocycles. The first-order valence-electron chi connectivity index (χ1n) is 6.66. The van der Waals surface area contributed by atoms with E-state index in [1.54, 1.807) is 0 Å². The molecule has 86 valence electrons. The van der Waals surface area contributed by atoms with Gasteiger partial charge in [0.25, 0.3) is 0 Å². The molecule has 0 aliphatic heterocycles. The summed E-state index contributed by atoms with van der Waals surface area (Å²) in [6.07, 6.45) is 13.6. The van der Waals surface area contributed by atoms with Crippen LogP contribution in [0.25, 0.3) is 0 Å². The average molecular weight is 224 g/mol. The van der Waals surface area contributed by atoms with Crippen molar-refractivity contribution in [3.8, 4) is 0 Å². The van der Waals surface area contributed by atoms with E-state index in [-0.39, 0.29) is 0 Å². The number of thioether (sulfide) groups is 1. The van der Waals surface area contributed by atoms with Crippen molar-refractivity contribution in [1.29, 1.82) is 0 Å². The predicted octanol–water partition coefficient (Wildman–Crippen LogP) is 4.51. The molecule has 0 nitrogen and oxygen atoms in total. The van der Waals surface area contributed by atoms with Gasteiger partial charge in [-0.1, -0.05) is 25.5 Å². The van der Waals surface area contributed by atoms with Crippen LogP contribution in [0.4, 0.5) is 0 Å². The second-order valence-electron chi connectivity index (χ2n) is 5.15. The highest BCUT2D eigenvalue weighted by Crippen LogP contribution is 2.45. The Morgan fingerprint density at radius 2 is 2.00 bits per heavy atom. The summed E-state index contributed by atoms with van der Waals surface area (Å²) in [7, 11) is 0. The zero-order valence-corrected chi connectivity index (χ0v) is 10.8. The molecule has 1 saturated carbocycles. The van der Waals surface area contributed by atoms with Crippen molar-refractivity contribution in [2.75, 3.05) is 11.5 Å². The lowest BCUT2D eigenvalue weighted by molar-refractivity contribution is 0.413. The van der Waals surface area contributed by atoms with Crippen LogP contribution >= 0.6 is 11.8 Å². The van der Waals surface area contributed by atoms with E-state index < -0.39 is 0 Å². The van der Waals surface area contributed by atoms with Gasteiger partial charge in [-0.05, 0) is 61.4 Å². The summed E-state index contributed by atoms with van der Waals surface area (Å²) >= 11 is 2.16. The van der Waals surface area contributed by atoms with Gasteiger partial charge in [0.1, 0.15) is 0 Å². The lowest BCUT2D eigenvalue weighted by atomic mass is 9.90. The number of fused-ring (bicyclic) bond motifs is 2. The van der Waals surface area contributed by atoms with E-state index in [9.17, 15) is 0 Å². The van der Waals surface area contributed by atoms with Crippen LogP contribution in [0.3, 0.4) is 0 Å². The Labute approximate surface area is 98.9 Å². The molecule has 0 spiro atoms. The van der Waals surface area contributed by atoms with Crippen molar-refractivity contribution < 1.29 is 0 Å². The van der Waals surface area contributed by atoms with E-state index in [0.717, 1.165) is 17.8 Å². The topological polar surface area (TPSA) is 0 Å². The van der Waals surface area contributed by atoms with Crippen molar-refractivity contribution in [2.24, 2.45) is 17.8 Å². The van der Waals surface area contributed by atoms with Crippen molar-refractivity contribution in [2.45, 2.75) is 45.4 Å². The Morgan fingerprint density at radius 3 is 2.67 bits per heavy atom. The highest BCUT2D eigenvalue weighted by Gasteiger charge is 2.34. The van der Waals surface area contributed by atoms with Crippen LogP contribution in [-0.4, -0.2) is 11.5 Å². The number of hydrogen-bond donors (Lipinski definition) is 0. The van der Waals surface area contributed by atoms with E-state index >= 15 is 0 Å². The first kappa shape index (κ1) is 11.6. The molecular weight excluding hydrogens is 200 g/mol. The second kappa shape index (κ2) is 5.98. The fraction of sp³-hybridized carbons (Fsp3) is 0.857. The molecule has 3 unspecified atom stereocenters. The lowest BCUT2D eigenvalue weighted by Gasteiger charge is -2.17. The molecule has 1 fully saturated rings. The van der Waals surface area contributed by atoms with Gasteiger partial charge in [0.05, 0.1) is 0 Å². The molecule has 2 aliphatic carbocycles. The zero-order valence-electron chi connectivity index (χ0n) is 9.95. The summed E-state index contributed by atoms with van der Waals surface area (Å²) in [5.74, 6) is 5.76. The summed E-state index contributed by atoms with van der Waals surface area (Å²) in [5, 5.41) is 0. The predicted molar refractivity (Wildman–Crippen MR) is 70.3 cm³/mol. The van der Waals surface area contributed by atoms with Crippen LogP contribution in [0.15, 0.2) is 12.2 Å².